The Kier molecular flexibility index (Phi) is 8.83. The zero-order chi connectivity index (χ0) is 14.6. The molecule has 0 unspecified atom stereocenters. The Balaban J connectivity index is 2.08. The van der Waals surface area contributed by atoms with Crippen molar-refractivity contribution >= 4 is 5.69 Å². The van der Waals surface area contributed by atoms with Crippen molar-refractivity contribution in [2.45, 2.75) is 25.7 Å². The van der Waals surface area contributed by atoms with Gasteiger partial charge in [-0.1, -0.05) is 12.8 Å². The van der Waals surface area contributed by atoms with Gasteiger partial charge in [0, 0.05) is 25.8 Å². The molecule has 1 aromatic rings. The number of methoxy groups -OCH3 is 1. The van der Waals surface area contributed by atoms with E-state index >= 15 is 0 Å². The highest BCUT2D eigenvalue weighted by atomic mass is 16.5. The smallest absolute Gasteiger partial charge is 0.119 e. The van der Waals surface area contributed by atoms with Crippen molar-refractivity contribution in [3.05, 3.63) is 24.3 Å². The number of nitrogens with one attached hydrogen (secondary N) is 1. The van der Waals surface area contributed by atoms with Gasteiger partial charge in [-0.3, -0.25) is 0 Å². The van der Waals surface area contributed by atoms with Gasteiger partial charge in [-0.25, -0.2) is 0 Å². The molecule has 0 fully saturated rings. The number of nitrogens with zero attached hydrogens (tertiary/aromatic N) is 1. The molecule has 1 aromatic carbocycles. The van der Waals surface area contributed by atoms with E-state index in [-0.39, 0.29) is 6.61 Å². The number of hydrogen-bond donors (Lipinski definition) is 2. The van der Waals surface area contributed by atoms with E-state index in [9.17, 15) is 0 Å². The molecule has 1 rings (SSSR count). The van der Waals surface area contributed by atoms with Gasteiger partial charge in [-0.15, -0.1) is 0 Å². The van der Waals surface area contributed by atoms with E-state index in [0.29, 0.717) is 6.54 Å². The normalized spacial score (nSPS) is 10.6. The fourth-order valence-electron chi connectivity index (χ4n) is 2.12. The monoisotopic (exact) mass is 280 g/mol. The molecule has 0 saturated carbocycles. The van der Waals surface area contributed by atoms with Crippen LogP contribution in [0, 0.1) is 0 Å². The van der Waals surface area contributed by atoms with Crippen LogP contribution in [0.4, 0.5) is 5.69 Å². The van der Waals surface area contributed by atoms with Crippen molar-refractivity contribution in [2.24, 2.45) is 0 Å². The Labute approximate surface area is 122 Å². The highest BCUT2D eigenvalue weighted by molar-refractivity contribution is 5.48. The number of unbranched alkanes of at least 4 members (excludes halogenated alkanes) is 3. The van der Waals surface area contributed by atoms with E-state index < -0.39 is 0 Å². The van der Waals surface area contributed by atoms with Crippen LogP contribution >= 0.6 is 0 Å². The van der Waals surface area contributed by atoms with Crippen molar-refractivity contribution < 1.29 is 9.84 Å². The van der Waals surface area contributed by atoms with Crippen LogP contribution in [0.3, 0.4) is 0 Å². The molecule has 0 aromatic heterocycles. The molecule has 0 saturated heterocycles. The fourth-order valence-corrected chi connectivity index (χ4v) is 2.12. The van der Waals surface area contributed by atoms with Gasteiger partial charge in [0.2, 0.25) is 0 Å². The average molecular weight is 280 g/mol. The minimum atomic E-state index is 0.229. The van der Waals surface area contributed by atoms with Crippen LogP contribution in [-0.2, 0) is 0 Å². The predicted molar refractivity (Wildman–Crippen MR) is 84.7 cm³/mol. The van der Waals surface area contributed by atoms with Gasteiger partial charge in [-0.2, -0.15) is 0 Å². The molecule has 0 aliphatic rings. The minimum absolute atomic E-state index is 0.229. The molecule has 4 heteroatoms. The van der Waals surface area contributed by atoms with Crippen molar-refractivity contribution in [1.82, 2.24) is 5.32 Å². The van der Waals surface area contributed by atoms with Crippen LogP contribution < -0.4 is 15.0 Å². The molecule has 114 valence electrons. The summed E-state index contributed by atoms with van der Waals surface area (Å²) >= 11 is 0. The molecule has 0 aliphatic carbocycles. The molecule has 0 heterocycles. The standard InChI is InChI=1S/C16H28N2O2/c1-18(15-7-9-16(20-2)10-8-15)13-6-4-3-5-11-17-12-14-19/h7-10,17,19H,3-6,11-14H2,1-2H3. The number of ether oxygens (including phenoxy) is 1. The van der Waals surface area contributed by atoms with Crippen LogP contribution in [0.25, 0.3) is 0 Å². The molecule has 4 nitrogen and oxygen atoms in total. The van der Waals surface area contributed by atoms with Crippen LogP contribution in [-0.4, -0.2) is 45.5 Å². The summed E-state index contributed by atoms with van der Waals surface area (Å²) in [6, 6.07) is 8.19. The molecule has 0 aliphatic heterocycles. The summed E-state index contributed by atoms with van der Waals surface area (Å²) in [6.45, 7) is 3.03. The number of aliphatic hydroxyl groups is 1. The maximum absolute atomic E-state index is 8.63. The lowest BCUT2D eigenvalue weighted by molar-refractivity contribution is 0.292. The first-order valence-corrected chi connectivity index (χ1v) is 7.44. The van der Waals surface area contributed by atoms with E-state index in [0.717, 1.165) is 18.8 Å². The van der Waals surface area contributed by atoms with Crippen LogP contribution in [0.2, 0.25) is 0 Å². The van der Waals surface area contributed by atoms with E-state index in [1.54, 1.807) is 7.11 Å². The van der Waals surface area contributed by atoms with E-state index in [1.807, 2.05) is 12.1 Å². The average Bonchev–Trinajstić information content (AvgIpc) is 2.50. The lowest BCUT2D eigenvalue weighted by Crippen LogP contribution is -2.20. The molecule has 20 heavy (non-hydrogen) atoms. The summed E-state index contributed by atoms with van der Waals surface area (Å²) in [4.78, 5) is 2.28. The highest BCUT2D eigenvalue weighted by Crippen LogP contribution is 2.18. The topological polar surface area (TPSA) is 44.7 Å². The molecule has 2 N–H and O–H groups in total. The van der Waals surface area contributed by atoms with Gasteiger partial charge in [0.15, 0.2) is 0 Å². The highest BCUT2D eigenvalue weighted by Gasteiger charge is 2.00. The Hall–Kier alpha value is -1.26. The summed E-state index contributed by atoms with van der Waals surface area (Å²) in [5.41, 5.74) is 1.23. The number of hydrogen-bond acceptors (Lipinski definition) is 4. The number of benzene rings is 1. The Morgan fingerprint density at radius 3 is 2.40 bits per heavy atom. The Morgan fingerprint density at radius 1 is 1.05 bits per heavy atom. The van der Waals surface area contributed by atoms with E-state index in [4.69, 9.17) is 9.84 Å². The third-order valence-electron chi connectivity index (χ3n) is 3.40. The molecular weight excluding hydrogens is 252 g/mol. The van der Waals surface area contributed by atoms with Crippen LogP contribution in [0.1, 0.15) is 25.7 Å². The second kappa shape index (κ2) is 10.5. The molecular formula is C16H28N2O2. The van der Waals surface area contributed by atoms with E-state index in [2.05, 4.69) is 29.4 Å². The van der Waals surface area contributed by atoms with Crippen molar-refractivity contribution in [2.75, 3.05) is 45.3 Å². The first kappa shape index (κ1) is 16.8. The number of anilines is 1. The van der Waals surface area contributed by atoms with Crippen LogP contribution in [0.5, 0.6) is 5.75 Å². The summed E-state index contributed by atoms with van der Waals surface area (Å²) < 4.78 is 5.16. The number of rotatable bonds is 11. The van der Waals surface area contributed by atoms with Crippen molar-refractivity contribution in [3.63, 3.8) is 0 Å². The minimum Gasteiger partial charge on any atom is -0.497 e. The maximum Gasteiger partial charge on any atom is 0.119 e. The lowest BCUT2D eigenvalue weighted by atomic mass is 10.2. The lowest BCUT2D eigenvalue weighted by Gasteiger charge is -2.19. The summed E-state index contributed by atoms with van der Waals surface area (Å²) in [5.74, 6) is 0.900. The quantitative estimate of drug-likeness (QED) is 0.610. The third kappa shape index (κ3) is 6.78. The second-order valence-electron chi connectivity index (χ2n) is 5.01. The van der Waals surface area contributed by atoms with Gasteiger partial charge < -0.3 is 20.1 Å². The van der Waals surface area contributed by atoms with Gasteiger partial charge in [0.25, 0.3) is 0 Å². The van der Waals surface area contributed by atoms with Crippen LogP contribution in [0.15, 0.2) is 24.3 Å². The number of aliphatic hydroxyl groups excluding tert-OH is 1. The predicted octanol–water partition coefficient (Wildman–Crippen LogP) is 2.27. The zero-order valence-electron chi connectivity index (χ0n) is 12.8. The summed E-state index contributed by atoms with van der Waals surface area (Å²) in [7, 11) is 3.82. The first-order valence-electron chi connectivity index (χ1n) is 7.44. The first-order chi connectivity index (χ1) is 9.77. The second-order valence-corrected chi connectivity index (χ2v) is 5.01. The molecule has 0 radical (unpaired) electrons. The Bertz CT molecular complexity index is 341. The zero-order valence-corrected chi connectivity index (χ0v) is 12.8. The van der Waals surface area contributed by atoms with Gasteiger partial charge in [0.1, 0.15) is 5.75 Å². The summed E-state index contributed by atoms with van der Waals surface area (Å²) in [5, 5.41) is 11.8. The third-order valence-corrected chi connectivity index (χ3v) is 3.40. The van der Waals surface area contributed by atoms with Gasteiger partial charge in [0.05, 0.1) is 13.7 Å². The largest absolute Gasteiger partial charge is 0.497 e. The molecule has 0 amide bonds. The molecule has 0 atom stereocenters. The summed E-state index contributed by atoms with van der Waals surface area (Å²) in [6.07, 6.45) is 4.89. The van der Waals surface area contributed by atoms with Gasteiger partial charge >= 0.3 is 0 Å². The Morgan fingerprint density at radius 2 is 1.75 bits per heavy atom. The van der Waals surface area contributed by atoms with Gasteiger partial charge in [-0.05, 0) is 43.7 Å². The molecule has 0 spiro atoms. The fraction of sp³-hybridized carbons (Fsp3) is 0.625. The maximum atomic E-state index is 8.63. The van der Waals surface area contributed by atoms with Crippen molar-refractivity contribution in [1.29, 1.82) is 0 Å². The van der Waals surface area contributed by atoms with Crippen molar-refractivity contribution in [3.8, 4) is 5.75 Å². The SMILES string of the molecule is COc1ccc(N(C)CCCCCCNCCO)cc1. The van der Waals surface area contributed by atoms with E-state index in [1.165, 1.54) is 31.4 Å². The molecule has 0 bridgehead atoms.